The first-order chi connectivity index (χ1) is 15.0. The first-order valence-electron chi connectivity index (χ1n) is 10.2. The number of rotatable bonds is 4. The van der Waals surface area contributed by atoms with Crippen molar-refractivity contribution in [3.8, 4) is 22.7 Å². The van der Waals surface area contributed by atoms with Gasteiger partial charge in [0, 0.05) is 18.1 Å². The maximum Gasteiger partial charge on any atom is 0.414 e. The smallest absolute Gasteiger partial charge is 0.414 e. The molecule has 0 radical (unpaired) electrons. The van der Waals surface area contributed by atoms with Crippen LogP contribution in [0.2, 0.25) is 0 Å². The SMILES string of the molecule is CC(=O)NCC1CN(c2cc(F)c3c(c2)CCCc2c(-c4ccco4)n[nH]c2-3)C(=O)O1. The van der Waals surface area contributed by atoms with Crippen molar-refractivity contribution in [1.29, 1.82) is 0 Å². The molecule has 1 aromatic carbocycles. The average molecular weight is 424 g/mol. The Bertz CT molecular complexity index is 1150. The van der Waals surface area contributed by atoms with Crippen LogP contribution in [-0.4, -0.2) is 41.4 Å². The number of hydrogen-bond acceptors (Lipinski definition) is 5. The van der Waals surface area contributed by atoms with E-state index in [0.29, 0.717) is 34.8 Å². The van der Waals surface area contributed by atoms with E-state index in [1.165, 1.54) is 17.9 Å². The summed E-state index contributed by atoms with van der Waals surface area (Å²) in [5.41, 5.74) is 4.00. The molecule has 1 aliphatic carbocycles. The van der Waals surface area contributed by atoms with Crippen molar-refractivity contribution in [2.24, 2.45) is 0 Å². The summed E-state index contributed by atoms with van der Waals surface area (Å²) in [4.78, 5) is 24.9. The van der Waals surface area contributed by atoms with E-state index >= 15 is 4.39 Å². The lowest BCUT2D eigenvalue weighted by molar-refractivity contribution is -0.119. The Balaban J connectivity index is 1.48. The summed E-state index contributed by atoms with van der Waals surface area (Å²) in [6, 6.07) is 6.81. The summed E-state index contributed by atoms with van der Waals surface area (Å²) in [5, 5.41) is 10.0. The van der Waals surface area contributed by atoms with E-state index in [9.17, 15) is 9.59 Å². The predicted octanol–water partition coefficient (Wildman–Crippen LogP) is 3.43. The molecule has 5 rings (SSSR count). The number of carbonyl (C=O) groups is 2. The van der Waals surface area contributed by atoms with Gasteiger partial charge in [-0.2, -0.15) is 5.10 Å². The minimum Gasteiger partial charge on any atom is -0.463 e. The molecule has 8 nitrogen and oxygen atoms in total. The number of amides is 2. The average Bonchev–Trinajstić information content (AvgIpc) is 3.44. The van der Waals surface area contributed by atoms with Gasteiger partial charge in [-0.1, -0.05) is 0 Å². The van der Waals surface area contributed by atoms with Gasteiger partial charge in [-0.25, -0.2) is 9.18 Å². The summed E-state index contributed by atoms with van der Waals surface area (Å²) < 4.78 is 26.2. The zero-order chi connectivity index (χ0) is 21.5. The molecule has 0 spiro atoms. The Morgan fingerprint density at radius 2 is 2.26 bits per heavy atom. The van der Waals surface area contributed by atoms with Crippen LogP contribution in [0.3, 0.4) is 0 Å². The number of nitrogens with zero attached hydrogens (tertiary/aromatic N) is 2. The minimum atomic E-state index is -0.550. The summed E-state index contributed by atoms with van der Waals surface area (Å²) >= 11 is 0. The van der Waals surface area contributed by atoms with Gasteiger partial charge in [-0.05, 0) is 49.1 Å². The second kappa shape index (κ2) is 7.57. The van der Waals surface area contributed by atoms with E-state index in [1.54, 1.807) is 12.3 Å². The van der Waals surface area contributed by atoms with Crippen LogP contribution >= 0.6 is 0 Å². The first kappa shape index (κ1) is 19.3. The van der Waals surface area contributed by atoms with Crippen molar-refractivity contribution in [3.63, 3.8) is 0 Å². The number of ether oxygens (including phenoxy) is 1. The van der Waals surface area contributed by atoms with Gasteiger partial charge >= 0.3 is 6.09 Å². The number of halogens is 1. The molecule has 0 bridgehead atoms. The van der Waals surface area contributed by atoms with E-state index in [1.807, 2.05) is 12.1 Å². The monoisotopic (exact) mass is 424 g/mol. The lowest BCUT2D eigenvalue weighted by Crippen LogP contribution is -2.33. The van der Waals surface area contributed by atoms with Gasteiger partial charge in [0.05, 0.1) is 30.7 Å². The zero-order valence-corrected chi connectivity index (χ0v) is 16.9. The van der Waals surface area contributed by atoms with Crippen LogP contribution < -0.4 is 10.2 Å². The normalized spacial score (nSPS) is 17.7. The lowest BCUT2D eigenvalue weighted by Gasteiger charge is -2.17. The molecule has 9 heteroatoms. The van der Waals surface area contributed by atoms with Crippen molar-refractivity contribution in [2.45, 2.75) is 32.3 Å². The van der Waals surface area contributed by atoms with Gasteiger partial charge in [0.15, 0.2) is 5.76 Å². The quantitative estimate of drug-likeness (QED) is 0.668. The summed E-state index contributed by atoms with van der Waals surface area (Å²) in [7, 11) is 0. The number of anilines is 1. The van der Waals surface area contributed by atoms with E-state index in [4.69, 9.17) is 9.15 Å². The molecule has 1 aliphatic heterocycles. The molecule has 2 amide bonds. The summed E-state index contributed by atoms with van der Waals surface area (Å²) in [5.74, 6) is 0.0151. The van der Waals surface area contributed by atoms with Crippen LogP contribution in [-0.2, 0) is 22.4 Å². The van der Waals surface area contributed by atoms with E-state index in [-0.39, 0.29) is 19.0 Å². The van der Waals surface area contributed by atoms with Gasteiger partial charge in [0.25, 0.3) is 0 Å². The van der Waals surface area contributed by atoms with Crippen molar-refractivity contribution in [2.75, 3.05) is 18.0 Å². The number of carbonyl (C=O) groups excluding carboxylic acids is 2. The predicted molar refractivity (Wildman–Crippen MR) is 110 cm³/mol. The number of aromatic nitrogens is 2. The third-order valence-electron chi connectivity index (χ3n) is 5.67. The maximum atomic E-state index is 15.4. The van der Waals surface area contributed by atoms with Crippen LogP contribution in [0.15, 0.2) is 34.9 Å². The molecule has 2 aliphatic rings. The number of fused-ring (bicyclic) bond motifs is 3. The third kappa shape index (κ3) is 3.45. The fraction of sp³-hybridized carbons (Fsp3) is 0.318. The molecule has 2 N–H and O–H groups in total. The van der Waals surface area contributed by atoms with Gasteiger partial charge in [0.1, 0.15) is 17.6 Å². The fourth-order valence-corrected chi connectivity index (χ4v) is 4.27. The molecule has 1 fully saturated rings. The number of hydrogen-bond donors (Lipinski definition) is 2. The van der Waals surface area contributed by atoms with Crippen LogP contribution in [0.25, 0.3) is 22.7 Å². The van der Waals surface area contributed by atoms with E-state index in [0.717, 1.165) is 24.0 Å². The number of furan rings is 1. The van der Waals surface area contributed by atoms with Crippen LogP contribution in [0.1, 0.15) is 24.5 Å². The van der Waals surface area contributed by atoms with Crippen LogP contribution in [0.5, 0.6) is 0 Å². The Kier molecular flexibility index (Phi) is 4.72. The van der Waals surface area contributed by atoms with Gasteiger partial charge in [-0.3, -0.25) is 14.8 Å². The van der Waals surface area contributed by atoms with E-state index < -0.39 is 18.0 Å². The molecule has 1 unspecified atom stereocenters. The Morgan fingerprint density at radius 3 is 3.03 bits per heavy atom. The van der Waals surface area contributed by atoms with Crippen molar-refractivity contribution in [3.05, 3.63) is 47.5 Å². The van der Waals surface area contributed by atoms with Crippen molar-refractivity contribution < 1.29 is 23.1 Å². The highest BCUT2D eigenvalue weighted by Crippen LogP contribution is 2.40. The minimum absolute atomic E-state index is 0.199. The molecule has 1 atom stereocenters. The summed E-state index contributed by atoms with van der Waals surface area (Å²) in [6.07, 6.45) is 2.77. The molecule has 2 aromatic heterocycles. The molecule has 31 heavy (non-hydrogen) atoms. The maximum absolute atomic E-state index is 15.4. The molecular weight excluding hydrogens is 403 g/mol. The summed E-state index contributed by atoms with van der Waals surface area (Å²) in [6.45, 7) is 1.87. The van der Waals surface area contributed by atoms with Crippen molar-refractivity contribution in [1.82, 2.24) is 15.5 Å². The number of cyclic esters (lactones) is 1. The molecule has 1 saturated heterocycles. The van der Waals surface area contributed by atoms with Crippen LogP contribution in [0.4, 0.5) is 14.9 Å². The lowest BCUT2D eigenvalue weighted by atomic mass is 9.99. The Labute approximate surface area is 177 Å². The number of benzene rings is 1. The molecule has 3 heterocycles. The van der Waals surface area contributed by atoms with Crippen molar-refractivity contribution >= 4 is 17.7 Å². The molecular formula is C22H21FN4O4. The van der Waals surface area contributed by atoms with Gasteiger partial charge in [-0.15, -0.1) is 0 Å². The standard InChI is InChI=1S/C22H21FN4O4/c1-12(28)24-10-15-11-27(22(29)31-15)14-8-13-4-2-5-16-20(18-6-3-7-30-18)25-26-21(16)19(13)17(23)9-14/h3,6-9,15H,2,4-5,10-11H2,1H3,(H,24,28)(H,25,26). The van der Waals surface area contributed by atoms with Crippen LogP contribution in [0, 0.1) is 5.82 Å². The third-order valence-corrected chi connectivity index (χ3v) is 5.67. The number of nitrogens with one attached hydrogen (secondary N) is 2. The Hall–Kier alpha value is -3.62. The largest absolute Gasteiger partial charge is 0.463 e. The highest BCUT2D eigenvalue weighted by Gasteiger charge is 2.34. The Morgan fingerprint density at radius 1 is 1.39 bits per heavy atom. The van der Waals surface area contributed by atoms with Gasteiger partial charge < -0.3 is 14.5 Å². The zero-order valence-electron chi connectivity index (χ0n) is 16.9. The topological polar surface area (TPSA) is 100 Å². The number of H-pyrrole nitrogens is 1. The fourth-order valence-electron chi connectivity index (χ4n) is 4.27. The van der Waals surface area contributed by atoms with Gasteiger partial charge in [0.2, 0.25) is 5.91 Å². The second-order valence-corrected chi connectivity index (χ2v) is 7.77. The molecule has 0 saturated carbocycles. The first-order valence-corrected chi connectivity index (χ1v) is 10.2. The molecule has 3 aromatic rings. The second-order valence-electron chi connectivity index (χ2n) is 7.77. The molecule has 160 valence electrons. The highest BCUT2D eigenvalue weighted by molar-refractivity contribution is 5.91. The highest BCUT2D eigenvalue weighted by atomic mass is 19.1. The van der Waals surface area contributed by atoms with E-state index in [2.05, 4.69) is 15.5 Å². The number of aromatic amines is 1. The number of aryl methyl sites for hydroxylation is 1.